The molecule has 1 unspecified atom stereocenters. The van der Waals surface area contributed by atoms with Crippen LogP contribution < -0.4 is 5.32 Å². The Kier molecular flexibility index (Phi) is 5.28. The van der Waals surface area contributed by atoms with Crippen molar-refractivity contribution in [2.45, 2.75) is 20.8 Å². The van der Waals surface area contributed by atoms with Crippen molar-refractivity contribution in [3.63, 3.8) is 0 Å². The lowest BCUT2D eigenvalue weighted by Crippen LogP contribution is -2.00. The molecule has 1 aromatic carbocycles. The number of allylic oxidation sites excluding steroid dienone is 4. The maximum Gasteiger partial charge on any atom is 0.0413 e. The third-order valence-corrected chi connectivity index (χ3v) is 2.58. The second-order valence-electron chi connectivity index (χ2n) is 4.16. The Morgan fingerprint density at radius 1 is 1.35 bits per heavy atom. The van der Waals surface area contributed by atoms with Crippen LogP contribution in [-0.2, 0) is 0 Å². The van der Waals surface area contributed by atoms with Crippen molar-refractivity contribution in [2.75, 3.05) is 5.32 Å². The predicted octanol–water partition coefficient (Wildman–Crippen LogP) is 4.69. The lowest BCUT2D eigenvalue weighted by Gasteiger charge is -2.11. The van der Waals surface area contributed by atoms with Crippen LogP contribution in [-0.4, -0.2) is 0 Å². The van der Waals surface area contributed by atoms with Gasteiger partial charge < -0.3 is 5.32 Å². The third-order valence-electron chi connectivity index (χ3n) is 2.58. The van der Waals surface area contributed by atoms with Gasteiger partial charge in [0.1, 0.15) is 0 Å². The summed E-state index contributed by atoms with van der Waals surface area (Å²) in [6.45, 7) is 10.0. The Morgan fingerprint density at radius 3 is 2.65 bits per heavy atom. The van der Waals surface area contributed by atoms with Crippen molar-refractivity contribution >= 4 is 5.69 Å². The first-order valence-electron chi connectivity index (χ1n) is 5.97. The van der Waals surface area contributed by atoms with Crippen LogP contribution >= 0.6 is 0 Å². The number of hydrogen-bond donors (Lipinski definition) is 1. The van der Waals surface area contributed by atoms with Crippen LogP contribution in [0.15, 0.2) is 60.8 Å². The van der Waals surface area contributed by atoms with Crippen LogP contribution in [0.1, 0.15) is 19.4 Å². The molecule has 0 aromatic heterocycles. The van der Waals surface area contributed by atoms with Gasteiger partial charge in [-0.15, -0.1) is 6.58 Å². The van der Waals surface area contributed by atoms with Crippen molar-refractivity contribution in [1.29, 1.82) is 0 Å². The molecule has 0 aliphatic heterocycles. The van der Waals surface area contributed by atoms with Gasteiger partial charge in [0.15, 0.2) is 0 Å². The number of rotatable bonds is 5. The van der Waals surface area contributed by atoms with Crippen molar-refractivity contribution in [3.8, 4) is 0 Å². The molecule has 0 spiro atoms. The molecule has 0 saturated heterocycles. The molecule has 90 valence electrons. The minimum atomic E-state index is 0.359. The number of aryl methyl sites for hydroxylation is 1. The van der Waals surface area contributed by atoms with E-state index < -0.39 is 0 Å². The van der Waals surface area contributed by atoms with E-state index >= 15 is 0 Å². The lowest BCUT2D eigenvalue weighted by molar-refractivity contribution is 0.934. The molecule has 0 fully saturated rings. The van der Waals surface area contributed by atoms with E-state index in [9.17, 15) is 0 Å². The van der Waals surface area contributed by atoms with Gasteiger partial charge in [-0.25, -0.2) is 0 Å². The number of hydrogen-bond acceptors (Lipinski definition) is 1. The fraction of sp³-hybridized carbons (Fsp3) is 0.250. The maximum atomic E-state index is 3.80. The molecule has 0 saturated carbocycles. The van der Waals surface area contributed by atoms with Crippen LogP contribution in [0.5, 0.6) is 0 Å². The highest BCUT2D eigenvalue weighted by Gasteiger charge is 1.99. The zero-order chi connectivity index (χ0) is 12.7. The van der Waals surface area contributed by atoms with Crippen LogP contribution in [0.25, 0.3) is 0 Å². The highest BCUT2D eigenvalue weighted by atomic mass is 14.9. The first-order chi connectivity index (χ1) is 8.17. The van der Waals surface area contributed by atoms with Crippen LogP contribution in [0.4, 0.5) is 5.69 Å². The molecule has 0 aliphatic carbocycles. The monoisotopic (exact) mass is 227 g/mol. The molecule has 0 radical (unpaired) electrons. The molecule has 1 rings (SSSR count). The normalized spacial score (nSPS) is 13.7. The van der Waals surface area contributed by atoms with E-state index in [2.05, 4.69) is 50.0 Å². The van der Waals surface area contributed by atoms with Crippen LogP contribution in [0.3, 0.4) is 0 Å². The summed E-state index contributed by atoms with van der Waals surface area (Å²) in [5.41, 5.74) is 3.50. The van der Waals surface area contributed by atoms with Gasteiger partial charge in [-0.1, -0.05) is 43.4 Å². The van der Waals surface area contributed by atoms with Gasteiger partial charge >= 0.3 is 0 Å². The molecule has 0 aliphatic rings. The smallest absolute Gasteiger partial charge is 0.0413 e. The van der Waals surface area contributed by atoms with E-state index in [-0.39, 0.29) is 0 Å². The standard InChI is InChI=1S/C16H21N/c1-5-9-15(12-13(3)6-2)17-16-11-8-7-10-14(16)4/h5-13,17H,2H2,1,3-4H3/b9-5-,15-12+. The Labute approximate surface area is 105 Å². The van der Waals surface area contributed by atoms with E-state index in [1.54, 1.807) is 0 Å². The summed E-state index contributed by atoms with van der Waals surface area (Å²) in [5.74, 6) is 0.359. The van der Waals surface area contributed by atoms with Crippen molar-refractivity contribution < 1.29 is 0 Å². The van der Waals surface area contributed by atoms with Gasteiger partial charge in [-0.05, 0) is 37.5 Å². The quantitative estimate of drug-likeness (QED) is 0.568. The highest BCUT2D eigenvalue weighted by Crippen LogP contribution is 2.17. The fourth-order valence-electron chi connectivity index (χ4n) is 1.54. The minimum absolute atomic E-state index is 0.359. The fourth-order valence-corrected chi connectivity index (χ4v) is 1.54. The van der Waals surface area contributed by atoms with E-state index in [1.165, 1.54) is 5.56 Å². The molecule has 1 nitrogen and oxygen atoms in total. The maximum absolute atomic E-state index is 3.80. The predicted molar refractivity (Wildman–Crippen MR) is 77.1 cm³/mol. The Morgan fingerprint density at radius 2 is 2.06 bits per heavy atom. The number of benzene rings is 1. The topological polar surface area (TPSA) is 12.0 Å². The van der Waals surface area contributed by atoms with E-state index in [4.69, 9.17) is 0 Å². The Hall–Kier alpha value is -1.76. The first kappa shape index (κ1) is 13.3. The summed E-state index contributed by atoms with van der Waals surface area (Å²) < 4.78 is 0. The molecule has 0 bridgehead atoms. The van der Waals surface area contributed by atoms with Gasteiger partial charge in [-0.3, -0.25) is 0 Å². The second kappa shape index (κ2) is 6.74. The van der Waals surface area contributed by atoms with Crippen LogP contribution in [0.2, 0.25) is 0 Å². The van der Waals surface area contributed by atoms with Gasteiger partial charge in [-0.2, -0.15) is 0 Å². The van der Waals surface area contributed by atoms with Crippen molar-refractivity contribution in [3.05, 3.63) is 66.4 Å². The van der Waals surface area contributed by atoms with Crippen LogP contribution in [0, 0.1) is 12.8 Å². The number of anilines is 1. The lowest BCUT2D eigenvalue weighted by atomic mass is 10.1. The average Bonchev–Trinajstić information content (AvgIpc) is 2.32. The zero-order valence-corrected chi connectivity index (χ0v) is 10.9. The van der Waals surface area contributed by atoms with Gasteiger partial charge in [0.05, 0.1) is 0 Å². The SMILES string of the molecule is C=CC(C)/C=C(\C=C/C)Nc1ccccc1C. The second-order valence-corrected chi connectivity index (χ2v) is 4.16. The summed E-state index contributed by atoms with van der Waals surface area (Å²) in [7, 11) is 0. The van der Waals surface area contributed by atoms with E-state index in [0.717, 1.165) is 11.4 Å². The molecular weight excluding hydrogens is 206 g/mol. The van der Waals surface area contributed by atoms with E-state index in [0.29, 0.717) is 5.92 Å². The van der Waals surface area contributed by atoms with Gasteiger partial charge in [0.2, 0.25) is 0 Å². The molecule has 1 aromatic rings. The molecule has 0 amide bonds. The van der Waals surface area contributed by atoms with Crippen molar-refractivity contribution in [1.82, 2.24) is 0 Å². The summed E-state index contributed by atoms with van der Waals surface area (Å²) in [5, 5.41) is 3.44. The van der Waals surface area contributed by atoms with Gasteiger partial charge in [0.25, 0.3) is 0 Å². The molecule has 1 heteroatoms. The highest BCUT2D eigenvalue weighted by molar-refractivity contribution is 5.56. The summed E-state index contributed by atoms with van der Waals surface area (Å²) in [4.78, 5) is 0. The van der Waals surface area contributed by atoms with E-state index in [1.807, 2.05) is 31.2 Å². The third kappa shape index (κ3) is 4.31. The Balaban J connectivity index is 2.91. The molecule has 1 N–H and O–H groups in total. The van der Waals surface area contributed by atoms with Crippen molar-refractivity contribution in [2.24, 2.45) is 5.92 Å². The molecule has 0 heterocycles. The zero-order valence-electron chi connectivity index (χ0n) is 10.9. The molecule has 1 atom stereocenters. The minimum Gasteiger partial charge on any atom is -0.356 e. The average molecular weight is 227 g/mol. The van der Waals surface area contributed by atoms with Gasteiger partial charge in [0, 0.05) is 11.4 Å². The number of nitrogens with one attached hydrogen (secondary N) is 1. The molecular formula is C16H21N. The first-order valence-corrected chi connectivity index (χ1v) is 5.97. The summed E-state index contributed by atoms with van der Waals surface area (Å²) >= 11 is 0. The molecule has 17 heavy (non-hydrogen) atoms. The largest absolute Gasteiger partial charge is 0.356 e. The summed E-state index contributed by atoms with van der Waals surface area (Å²) in [6.07, 6.45) is 8.21. The Bertz CT molecular complexity index is 427. The number of para-hydroxylation sites is 1. The summed E-state index contributed by atoms with van der Waals surface area (Å²) in [6, 6.07) is 8.28.